The SMILES string of the molecule is CC1(c2noc(-c3cc(C4CC4)nc4c3cnn4Cc3ccncc3)n2)CCCO1. The lowest BCUT2D eigenvalue weighted by molar-refractivity contribution is 0.00768. The maximum atomic E-state index is 5.89. The van der Waals surface area contributed by atoms with E-state index >= 15 is 0 Å². The lowest BCUT2D eigenvalue weighted by Crippen LogP contribution is -2.21. The third kappa shape index (κ3) is 2.99. The Hall–Kier alpha value is -3.13. The summed E-state index contributed by atoms with van der Waals surface area (Å²) in [6.07, 6.45) is 9.66. The molecule has 1 saturated carbocycles. The predicted molar refractivity (Wildman–Crippen MR) is 109 cm³/mol. The van der Waals surface area contributed by atoms with Crippen LogP contribution >= 0.6 is 0 Å². The monoisotopic (exact) mass is 402 g/mol. The number of pyridine rings is 2. The third-order valence-electron chi connectivity index (χ3n) is 6.05. The van der Waals surface area contributed by atoms with E-state index in [-0.39, 0.29) is 0 Å². The number of hydrogen-bond acceptors (Lipinski definition) is 7. The highest BCUT2D eigenvalue weighted by Gasteiger charge is 2.37. The van der Waals surface area contributed by atoms with Crippen molar-refractivity contribution in [2.75, 3.05) is 6.61 Å². The zero-order valence-electron chi connectivity index (χ0n) is 16.8. The second-order valence-electron chi connectivity index (χ2n) is 8.37. The van der Waals surface area contributed by atoms with Gasteiger partial charge < -0.3 is 9.26 Å². The van der Waals surface area contributed by atoms with Crippen molar-refractivity contribution in [2.45, 2.75) is 50.7 Å². The third-order valence-corrected chi connectivity index (χ3v) is 6.05. The Kier molecular flexibility index (Phi) is 3.95. The average molecular weight is 402 g/mol. The summed E-state index contributed by atoms with van der Waals surface area (Å²) in [5.41, 5.74) is 3.45. The van der Waals surface area contributed by atoms with Gasteiger partial charge in [0.25, 0.3) is 5.89 Å². The molecule has 30 heavy (non-hydrogen) atoms. The Labute approximate surface area is 173 Å². The van der Waals surface area contributed by atoms with Crippen LogP contribution in [0, 0.1) is 0 Å². The first kappa shape index (κ1) is 17.7. The second kappa shape index (κ2) is 6.70. The van der Waals surface area contributed by atoms with Crippen molar-refractivity contribution in [2.24, 2.45) is 0 Å². The van der Waals surface area contributed by atoms with Gasteiger partial charge in [-0.15, -0.1) is 0 Å². The molecule has 5 heterocycles. The summed E-state index contributed by atoms with van der Waals surface area (Å²) in [5.74, 6) is 1.60. The molecule has 8 heteroatoms. The first-order chi connectivity index (χ1) is 14.7. The fourth-order valence-corrected chi connectivity index (χ4v) is 4.11. The van der Waals surface area contributed by atoms with E-state index in [1.54, 1.807) is 12.4 Å². The minimum atomic E-state index is -0.473. The molecular weight excluding hydrogens is 380 g/mol. The molecule has 4 aromatic rings. The summed E-state index contributed by atoms with van der Waals surface area (Å²) < 4.78 is 13.5. The van der Waals surface area contributed by atoms with Crippen molar-refractivity contribution in [3.8, 4) is 11.5 Å². The van der Waals surface area contributed by atoms with Gasteiger partial charge in [-0.3, -0.25) is 4.98 Å². The van der Waals surface area contributed by atoms with Gasteiger partial charge >= 0.3 is 0 Å². The Morgan fingerprint density at radius 1 is 1.20 bits per heavy atom. The van der Waals surface area contributed by atoms with Gasteiger partial charge in [0, 0.05) is 30.6 Å². The molecule has 0 amide bonds. The Bertz CT molecular complexity index is 1210. The molecule has 0 radical (unpaired) electrons. The van der Waals surface area contributed by atoms with Gasteiger partial charge in [0.1, 0.15) is 5.60 Å². The standard InChI is InChI=1S/C22H22N6O2/c1-22(7-2-10-29-22)21-26-20(30-27-21)16-11-18(15-3-4-15)25-19-17(16)12-24-28(19)13-14-5-8-23-9-6-14/h5-6,8-9,11-12,15H,2-4,7,10,13H2,1H3. The van der Waals surface area contributed by atoms with Crippen LogP contribution in [0.1, 0.15) is 55.6 Å². The van der Waals surface area contributed by atoms with E-state index in [0.717, 1.165) is 60.1 Å². The second-order valence-corrected chi connectivity index (χ2v) is 8.37. The topological polar surface area (TPSA) is 91.8 Å². The van der Waals surface area contributed by atoms with Crippen LogP contribution in [-0.4, -0.2) is 36.5 Å². The number of hydrogen-bond donors (Lipinski definition) is 0. The molecule has 2 aliphatic rings. The lowest BCUT2D eigenvalue weighted by Gasteiger charge is -2.17. The molecule has 152 valence electrons. The molecule has 0 aromatic carbocycles. The fraction of sp³-hybridized carbons (Fsp3) is 0.409. The molecule has 1 saturated heterocycles. The number of fused-ring (bicyclic) bond motifs is 1. The number of ether oxygens (including phenoxy) is 1. The molecule has 1 aliphatic carbocycles. The van der Waals surface area contributed by atoms with Crippen molar-refractivity contribution in [1.29, 1.82) is 0 Å². The lowest BCUT2D eigenvalue weighted by atomic mass is 10.0. The summed E-state index contributed by atoms with van der Waals surface area (Å²) in [7, 11) is 0. The van der Waals surface area contributed by atoms with Crippen molar-refractivity contribution < 1.29 is 9.26 Å². The molecular formula is C22H22N6O2. The van der Waals surface area contributed by atoms with Gasteiger partial charge in [-0.1, -0.05) is 5.16 Å². The largest absolute Gasteiger partial charge is 0.367 e. The first-order valence-corrected chi connectivity index (χ1v) is 10.4. The average Bonchev–Trinajstić information content (AvgIpc) is 3.13. The Balaban J connectivity index is 1.45. The van der Waals surface area contributed by atoms with Crippen molar-refractivity contribution in [3.05, 3.63) is 53.9 Å². The summed E-state index contributed by atoms with van der Waals surface area (Å²) in [6, 6.07) is 6.07. The number of nitrogens with zero attached hydrogens (tertiary/aromatic N) is 6. The van der Waals surface area contributed by atoms with E-state index in [4.69, 9.17) is 19.2 Å². The van der Waals surface area contributed by atoms with E-state index in [9.17, 15) is 0 Å². The quantitative estimate of drug-likeness (QED) is 0.501. The van der Waals surface area contributed by atoms with Gasteiger partial charge in [-0.2, -0.15) is 10.1 Å². The van der Waals surface area contributed by atoms with Crippen LogP contribution in [0.4, 0.5) is 0 Å². The number of aromatic nitrogens is 6. The van der Waals surface area contributed by atoms with E-state index in [0.29, 0.717) is 24.2 Å². The van der Waals surface area contributed by atoms with Gasteiger partial charge in [-0.05, 0) is 56.4 Å². The van der Waals surface area contributed by atoms with Crippen molar-refractivity contribution in [3.63, 3.8) is 0 Å². The van der Waals surface area contributed by atoms with Crippen molar-refractivity contribution >= 4 is 11.0 Å². The predicted octanol–water partition coefficient (Wildman–Crippen LogP) is 3.83. The van der Waals surface area contributed by atoms with Gasteiger partial charge in [0.2, 0.25) is 5.82 Å². The highest BCUT2D eigenvalue weighted by molar-refractivity contribution is 5.90. The maximum Gasteiger partial charge on any atom is 0.258 e. The molecule has 1 atom stereocenters. The Morgan fingerprint density at radius 2 is 2.07 bits per heavy atom. The maximum absolute atomic E-state index is 5.89. The summed E-state index contributed by atoms with van der Waals surface area (Å²) >= 11 is 0. The van der Waals surface area contributed by atoms with E-state index in [2.05, 4.69) is 21.3 Å². The highest BCUT2D eigenvalue weighted by Crippen LogP contribution is 2.42. The normalized spacial score (nSPS) is 21.5. The molecule has 1 unspecified atom stereocenters. The van der Waals surface area contributed by atoms with Crippen LogP contribution in [0.25, 0.3) is 22.5 Å². The molecule has 4 aromatic heterocycles. The molecule has 2 fully saturated rings. The first-order valence-electron chi connectivity index (χ1n) is 10.4. The molecule has 0 spiro atoms. The van der Waals surface area contributed by atoms with Crippen LogP contribution in [0.15, 0.2) is 41.3 Å². The van der Waals surface area contributed by atoms with E-state index < -0.39 is 5.60 Å². The highest BCUT2D eigenvalue weighted by atomic mass is 16.5. The molecule has 0 bridgehead atoms. The van der Waals surface area contributed by atoms with Crippen LogP contribution in [0.3, 0.4) is 0 Å². The zero-order chi connectivity index (χ0) is 20.1. The minimum Gasteiger partial charge on any atom is -0.367 e. The number of rotatable bonds is 5. The van der Waals surface area contributed by atoms with Crippen LogP contribution in [0.2, 0.25) is 0 Å². The van der Waals surface area contributed by atoms with Crippen LogP contribution < -0.4 is 0 Å². The van der Waals surface area contributed by atoms with E-state index in [1.807, 2.05) is 29.9 Å². The fourth-order valence-electron chi connectivity index (χ4n) is 4.11. The van der Waals surface area contributed by atoms with Gasteiger partial charge in [0.05, 0.1) is 23.7 Å². The molecule has 1 aliphatic heterocycles. The van der Waals surface area contributed by atoms with Gasteiger partial charge in [-0.25, -0.2) is 9.67 Å². The van der Waals surface area contributed by atoms with Gasteiger partial charge in [0.15, 0.2) is 5.65 Å². The minimum absolute atomic E-state index is 0.473. The summed E-state index contributed by atoms with van der Waals surface area (Å²) in [6.45, 7) is 3.39. The van der Waals surface area contributed by atoms with Crippen LogP contribution in [-0.2, 0) is 16.9 Å². The smallest absolute Gasteiger partial charge is 0.258 e. The molecule has 0 N–H and O–H groups in total. The molecule has 6 rings (SSSR count). The summed E-state index contributed by atoms with van der Waals surface area (Å²) in [5, 5.41) is 9.78. The molecule has 8 nitrogen and oxygen atoms in total. The van der Waals surface area contributed by atoms with Crippen molar-refractivity contribution in [1.82, 2.24) is 29.9 Å². The van der Waals surface area contributed by atoms with E-state index in [1.165, 1.54) is 0 Å². The summed E-state index contributed by atoms with van der Waals surface area (Å²) in [4.78, 5) is 13.8. The van der Waals surface area contributed by atoms with Crippen LogP contribution in [0.5, 0.6) is 0 Å². The zero-order valence-corrected chi connectivity index (χ0v) is 16.8. The Morgan fingerprint density at radius 3 is 2.83 bits per heavy atom.